The molecule has 0 aliphatic rings. The molecule has 14 heavy (non-hydrogen) atoms. The van der Waals surface area contributed by atoms with Gasteiger partial charge in [-0.3, -0.25) is 5.32 Å². The fraction of sp³-hybridized carbons (Fsp3) is 0.556. The van der Waals surface area contributed by atoms with Gasteiger partial charge in [-0.1, -0.05) is 0 Å². The summed E-state index contributed by atoms with van der Waals surface area (Å²) in [7, 11) is 0. The van der Waals surface area contributed by atoms with Crippen LogP contribution in [0.2, 0.25) is 0 Å². The Balaban J connectivity index is 2.56. The second-order valence-corrected chi connectivity index (χ2v) is 3.75. The monoisotopic (exact) mass is 213 g/mol. The molecule has 0 atom stereocenters. The quantitative estimate of drug-likeness (QED) is 0.837. The van der Waals surface area contributed by atoms with Gasteiger partial charge in [-0.25, -0.2) is 9.78 Å². The number of hydrogen-bond acceptors (Lipinski definition) is 3. The van der Waals surface area contributed by atoms with Crippen LogP contribution in [0.5, 0.6) is 0 Å². The Morgan fingerprint density at radius 3 is 2.64 bits per heavy atom. The third kappa shape index (κ3) is 2.70. The van der Waals surface area contributed by atoms with Gasteiger partial charge in [-0.05, 0) is 20.8 Å². The molecular formula is C9H15N3OS. The number of hydrogen-bond donors (Lipinski definition) is 1. The molecule has 1 rings (SSSR count). The smallest absolute Gasteiger partial charge is 0.323 e. The predicted octanol–water partition coefficient (Wildman–Crippen LogP) is 2.33. The molecule has 0 radical (unpaired) electrons. The van der Waals surface area contributed by atoms with Crippen molar-refractivity contribution in [1.29, 1.82) is 0 Å². The number of carbonyl (C=O) groups is 1. The predicted molar refractivity (Wildman–Crippen MR) is 58.8 cm³/mol. The second kappa shape index (κ2) is 4.95. The molecule has 1 N–H and O–H groups in total. The van der Waals surface area contributed by atoms with Crippen molar-refractivity contribution in [2.75, 3.05) is 18.4 Å². The van der Waals surface area contributed by atoms with Crippen molar-refractivity contribution in [1.82, 2.24) is 9.88 Å². The first-order valence-electron chi connectivity index (χ1n) is 4.65. The Bertz CT molecular complexity index is 307. The van der Waals surface area contributed by atoms with Crippen LogP contribution in [0.25, 0.3) is 0 Å². The van der Waals surface area contributed by atoms with Crippen LogP contribution >= 0.6 is 11.3 Å². The van der Waals surface area contributed by atoms with Crippen LogP contribution in [0.1, 0.15) is 19.5 Å². The summed E-state index contributed by atoms with van der Waals surface area (Å²) in [6.07, 6.45) is 0. The minimum atomic E-state index is -0.0793. The largest absolute Gasteiger partial charge is 0.325 e. The van der Waals surface area contributed by atoms with E-state index in [1.54, 1.807) is 4.90 Å². The topological polar surface area (TPSA) is 45.2 Å². The Kier molecular flexibility index (Phi) is 3.88. The molecule has 0 aliphatic carbocycles. The van der Waals surface area contributed by atoms with E-state index in [2.05, 4.69) is 10.3 Å². The third-order valence-corrected chi connectivity index (χ3v) is 2.76. The SMILES string of the molecule is CCN(CC)C(=O)Nc1nc(C)cs1. The number of anilines is 1. The van der Waals surface area contributed by atoms with E-state index in [0.29, 0.717) is 18.2 Å². The van der Waals surface area contributed by atoms with Gasteiger partial charge in [-0.2, -0.15) is 0 Å². The fourth-order valence-electron chi connectivity index (χ4n) is 1.09. The summed E-state index contributed by atoms with van der Waals surface area (Å²) in [5.74, 6) is 0. The Hall–Kier alpha value is -1.10. The minimum absolute atomic E-state index is 0.0793. The van der Waals surface area contributed by atoms with E-state index in [1.807, 2.05) is 26.2 Å². The van der Waals surface area contributed by atoms with Gasteiger partial charge in [0.05, 0.1) is 5.69 Å². The molecule has 0 aliphatic heterocycles. The van der Waals surface area contributed by atoms with E-state index in [9.17, 15) is 4.79 Å². The van der Waals surface area contributed by atoms with Crippen molar-refractivity contribution in [3.05, 3.63) is 11.1 Å². The number of nitrogens with one attached hydrogen (secondary N) is 1. The second-order valence-electron chi connectivity index (χ2n) is 2.90. The molecule has 0 saturated carbocycles. The number of nitrogens with zero attached hydrogens (tertiary/aromatic N) is 2. The van der Waals surface area contributed by atoms with E-state index in [0.717, 1.165) is 5.69 Å². The number of thiazole rings is 1. The van der Waals surface area contributed by atoms with Gasteiger partial charge in [0.2, 0.25) is 0 Å². The summed E-state index contributed by atoms with van der Waals surface area (Å²) in [5, 5.41) is 5.34. The molecule has 0 aromatic carbocycles. The number of rotatable bonds is 3. The lowest BCUT2D eigenvalue weighted by atomic mass is 10.5. The zero-order chi connectivity index (χ0) is 10.6. The van der Waals surface area contributed by atoms with Crippen molar-refractivity contribution >= 4 is 22.5 Å². The van der Waals surface area contributed by atoms with E-state index >= 15 is 0 Å². The van der Waals surface area contributed by atoms with E-state index in [1.165, 1.54) is 11.3 Å². The molecule has 78 valence electrons. The molecule has 2 amide bonds. The first-order chi connectivity index (χ1) is 6.67. The maximum atomic E-state index is 11.6. The Labute approximate surface area is 88.0 Å². The Morgan fingerprint density at radius 1 is 1.57 bits per heavy atom. The lowest BCUT2D eigenvalue weighted by Gasteiger charge is -2.17. The molecule has 0 bridgehead atoms. The minimum Gasteiger partial charge on any atom is -0.325 e. The van der Waals surface area contributed by atoms with Gasteiger partial charge in [0.15, 0.2) is 5.13 Å². The van der Waals surface area contributed by atoms with E-state index in [4.69, 9.17) is 0 Å². The number of amides is 2. The lowest BCUT2D eigenvalue weighted by Crippen LogP contribution is -2.34. The van der Waals surface area contributed by atoms with Crippen LogP contribution in [0.3, 0.4) is 0 Å². The normalized spacial score (nSPS) is 9.93. The zero-order valence-corrected chi connectivity index (χ0v) is 9.52. The number of urea groups is 1. The zero-order valence-electron chi connectivity index (χ0n) is 8.70. The van der Waals surface area contributed by atoms with Crippen molar-refractivity contribution in [3.63, 3.8) is 0 Å². The van der Waals surface area contributed by atoms with E-state index < -0.39 is 0 Å². The van der Waals surface area contributed by atoms with Crippen LogP contribution in [0, 0.1) is 6.92 Å². The summed E-state index contributed by atoms with van der Waals surface area (Å²) in [4.78, 5) is 17.4. The molecule has 0 spiro atoms. The molecule has 5 heteroatoms. The van der Waals surface area contributed by atoms with Gasteiger partial charge < -0.3 is 4.90 Å². The summed E-state index contributed by atoms with van der Waals surface area (Å²) in [5.41, 5.74) is 0.935. The summed E-state index contributed by atoms with van der Waals surface area (Å²) in [6.45, 7) is 7.25. The first kappa shape index (κ1) is 11.0. The fourth-order valence-corrected chi connectivity index (χ4v) is 1.77. The molecule has 1 heterocycles. The highest BCUT2D eigenvalue weighted by molar-refractivity contribution is 7.13. The average Bonchev–Trinajstić information content (AvgIpc) is 2.53. The molecule has 1 aromatic heterocycles. The lowest BCUT2D eigenvalue weighted by molar-refractivity contribution is 0.217. The summed E-state index contributed by atoms with van der Waals surface area (Å²) in [6, 6.07) is -0.0793. The molecular weight excluding hydrogens is 198 g/mol. The van der Waals surface area contributed by atoms with Crippen molar-refractivity contribution in [3.8, 4) is 0 Å². The summed E-state index contributed by atoms with van der Waals surface area (Å²) < 4.78 is 0. The maximum Gasteiger partial charge on any atom is 0.323 e. The average molecular weight is 213 g/mol. The molecule has 0 fully saturated rings. The maximum absolute atomic E-state index is 11.6. The van der Waals surface area contributed by atoms with Crippen LogP contribution in [0.15, 0.2) is 5.38 Å². The van der Waals surface area contributed by atoms with Crippen molar-refractivity contribution in [2.24, 2.45) is 0 Å². The van der Waals surface area contributed by atoms with E-state index in [-0.39, 0.29) is 6.03 Å². The number of aryl methyl sites for hydroxylation is 1. The van der Waals surface area contributed by atoms with Gasteiger partial charge in [-0.15, -0.1) is 11.3 Å². The highest BCUT2D eigenvalue weighted by atomic mass is 32.1. The van der Waals surface area contributed by atoms with Crippen LogP contribution in [-0.4, -0.2) is 29.0 Å². The highest BCUT2D eigenvalue weighted by Gasteiger charge is 2.10. The molecule has 0 saturated heterocycles. The van der Waals surface area contributed by atoms with Gasteiger partial charge in [0.25, 0.3) is 0 Å². The standard InChI is InChI=1S/C9H15N3OS/c1-4-12(5-2)9(13)11-8-10-7(3)6-14-8/h6H,4-5H2,1-3H3,(H,10,11,13). The molecule has 4 nitrogen and oxygen atoms in total. The number of aromatic nitrogens is 1. The highest BCUT2D eigenvalue weighted by Crippen LogP contribution is 2.14. The van der Waals surface area contributed by atoms with Crippen molar-refractivity contribution < 1.29 is 4.79 Å². The Morgan fingerprint density at radius 2 is 2.21 bits per heavy atom. The number of carbonyl (C=O) groups excluding carboxylic acids is 1. The van der Waals surface area contributed by atoms with Crippen LogP contribution in [-0.2, 0) is 0 Å². The third-order valence-electron chi connectivity index (χ3n) is 1.88. The summed E-state index contributed by atoms with van der Waals surface area (Å²) >= 11 is 1.45. The van der Waals surface area contributed by atoms with Gasteiger partial charge >= 0.3 is 6.03 Å². The van der Waals surface area contributed by atoms with Gasteiger partial charge in [0.1, 0.15) is 0 Å². The van der Waals surface area contributed by atoms with Crippen LogP contribution in [0.4, 0.5) is 9.93 Å². The molecule has 0 unspecified atom stereocenters. The first-order valence-corrected chi connectivity index (χ1v) is 5.53. The van der Waals surface area contributed by atoms with Crippen molar-refractivity contribution in [2.45, 2.75) is 20.8 Å². The molecule has 1 aromatic rings. The van der Waals surface area contributed by atoms with Crippen LogP contribution < -0.4 is 5.32 Å². The van der Waals surface area contributed by atoms with Gasteiger partial charge in [0, 0.05) is 18.5 Å².